The molecule has 0 atom stereocenters. The number of thioether (sulfide) groups is 1. The lowest BCUT2D eigenvalue weighted by molar-refractivity contribution is -0.113. The van der Waals surface area contributed by atoms with Crippen LogP contribution in [0.2, 0.25) is 0 Å². The smallest absolute Gasteiger partial charge is 0.251 e. The van der Waals surface area contributed by atoms with Crippen molar-refractivity contribution in [1.82, 2.24) is 14.3 Å². The monoisotopic (exact) mass is 440 g/mol. The quantitative estimate of drug-likeness (QED) is 0.450. The first-order valence-electron chi connectivity index (χ1n) is 8.80. The summed E-state index contributed by atoms with van der Waals surface area (Å²) >= 11 is 1.09. The van der Waals surface area contributed by atoms with Crippen molar-refractivity contribution in [3.63, 3.8) is 0 Å². The topological polar surface area (TPSA) is 121 Å². The Kier molecular flexibility index (Phi) is 7.82. The van der Waals surface area contributed by atoms with E-state index in [2.05, 4.69) is 15.3 Å². The number of nitrogens with zero attached hydrogens (tertiary/aromatic N) is 2. The summed E-state index contributed by atoms with van der Waals surface area (Å²) in [4.78, 5) is 30.8. The number of aromatic amines is 1. The van der Waals surface area contributed by atoms with Crippen LogP contribution in [0.1, 0.15) is 19.0 Å². The number of aromatic nitrogens is 2. The van der Waals surface area contributed by atoms with Crippen molar-refractivity contribution >= 4 is 33.4 Å². The fraction of sp³-hybridized carbons (Fsp3) is 0.389. The lowest BCUT2D eigenvalue weighted by Crippen LogP contribution is -2.23. The van der Waals surface area contributed by atoms with Gasteiger partial charge in [0.15, 0.2) is 5.16 Å². The number of amides is 1. The summed E-state index contributed by atoms with van der Waals surface area (Å²) in [5.74, 6) is -0.183. The van der Waals surface area contributed by atoms with E-state index in [-0.39, 0.29) is 27.9 Å². The molecule has 0 fully saturated rings. The van der Waals surface area contributed by atoms with Gasteiger partial charge in [0.1, 0.15) is 10.6 Å². The van der Waals surface area contributed by atoms with Crippen LogP contribution in [0.4, 0.5) is 5.69 Å². The Balaban J connectivity index is 2.12. The van der Waals surface area contributed by atoms with Gasteiger partial charge in [-0.1, -0.05) is 25.1 Å². The van der Waals surface area contributed by atoms with Gasteiger partial charge in [0.05, 0.1) is 12.9 Å². The number of carbonyl (C=O) groups is 1. The molecule has 0 bridgehead atoms. The van der Waals surface area contributed by atoms with E-state index in [0.29, 0.717) is 23.0 Å². The standard InChI is InChI=1S/C18H24N4O5S2/c1-5-6-12-10-16(23)21-18(20-12)28-11-17(24)19-13-7-8-14(27-4)15(9-13)29(25,26)22(2)3/h7-10H,5-6,11H2,1-4H3,(H,19,24)(H,20,21,23). The molecule has 2 rings (SSSR count). The van der Waals surface area contributed by atoms with Gasteiger partial charge >= 0.3 is 0 Å². The molecule has 9 nitrogen and oxygen atoms in total. The number of carbonyl (C=O) groups excluding carboxylic acids is 1. The van der Waals surface area contributed by atoms with Crippen LogP contribution in [0, 0.1) is 0 Å². The molecule has 29 heavy (non-hydrogen) atoms. The largest absolute Gasteiger partial charge is 0.495 e. The van der Waals surface area contributed by atoms with Gasteiger partial charge in [0.25, 0.3) is 5.56 Å². The third-order valence-corrected chi connectivity index (χ3v) is 6.53. The summed E-state index contributed by atoms with van der Waals surface area (Å²) in [6.45, 7) is 1.99. The van der Waals surface area contributed by atoms with Crippen LogP contribution in [0.15, 0.2) is 39.1 Å². The third-order valence-electron chi connectivity index (χ3n) is 3.83. The molecule has 0 radical (unpaired) electrons. The van der Waals surface area contributed by atoms with E-state index in [4.69, 9.17) is 4.74 Å². The zero-order valence-electron chi connectivity index (χ0n) is 16.7. The van der Waals surface area contributed by atoms with Crippen LogP contribution in [0.5, 0.6) is 5.75 Å². The predicted molar refractivity (Wildman–Crippen MR) is 112 cm³/mol. The number of anilines is 1. The van der Waals surface area contributed by atoms with E-state index in [1.54, 1.807) is 6.07 Å². The van der Waals surface area contributed by atoms with Gasteiger partial charge in [-0.2, -0.15) is 0 Å². The molecular weight excluding hydrogens is 416 g/mol. The minimum Gasteiger partial charge on any atom is -0.495 e. The first-order valence-corrected chi connectivity index (χ1v) is 11.2. The molecule has 0 unspecified atom stereocenters. The fourth-order valence-corrected chi connectivity index (χ4v) is 4.19. The normalized spacial score (nSPS) is 11.5. The van der Waals surface area contributed by atoms with Crippen LogP contribution in [0.25, 0.3) is 0 Å². The molecule has 0 spiro atoms. The number of H-pyrrole nitrogens is 1. The van der Waals surface area contributed by atoms with E-state index in [1.807, 2.05) is 6.92 Å². The summed E-state index contributed by atoms with van der Waals surface area (Å²) in [7, 11) is 0.456. The number of hydrogen-bond donors (Lipinski definition) is 2. The second kappa shape index (κ2) is 9.90. The van der Waals surface area contributed by atoms with Crippen molar-refractivity contribution in [3.8, 4) is 5.75 Å². The highest BCUT2D eigenvalue weighted by atomic mass is 32.2. The van der Waals surface area contributed by atoms with Gasteiger partial charge in [0.2, 0.25) is 15.9 Å². The van der Waals surface area contributed by atoms with Crippen molar-refractivity contribution in [1.29, 1.82) is 0 Å². The molecule has 2 N–H and O–H groups in total. The van der Waals surface area contributed by atoms with Crippen molar-refractivity contribution in [3.05, 3.63) is 40.3 Å². The van der Waals surface area contributed by atoms with Gasteiger partial charge in [0, 0.05) is 31.5 Å². The second-order valence-corrected chi connectivity index (χ2v) is 9.37. The molecular formula is C18H24N4O5S2. The fourth-order valence-electron chi connectivity index (χ4n) is 2.42. The highest BCUT2D eigenvalue weighted by Crippen LogP contribution is 2.29. The van der Waals surface area contributed by atoms with E-state index >= 15 is 0 Å². The lowest BCUT2D eigenvalue weighted by atomic mass is 10.2. The molecule has 2 aromatic rings. The maximum atomic E-state index is 12.5. The molecule has 0 saturated carbocycles. The van der Waals surface area contributed by atoms with Crippen molar-refractivity contribution in [2.24, 2.45) is 0 Å². The minimum atomic E-state index is -3.75. The van der Waals surface area contributed by atoms with Gasteiger partial charge in [-0.05, 0) is 24.6 Å². The molecule has 0 saturated heterocycles. The summed E-state index contributed by atoms with van der Waals surface area (Å²) in [6, 6.07) is 5.82. The Morgan fingerprint density at radius 2 is 2.03 bits per heavy atom. The highest BCUT2D eigenvalue weighted by Gasteiger charge is 2.23. The SMILES string of the molecule is CCCc1cc(=O)[nH]c(SCC(=O)Nc2ccc(OC)c(S(=O)(=O)N(C)C)c2)n1. The number of rotatable bonds is 9. The maximum absolute atomic E-state index is 12.5. The minimum absolute atomic E-state index is 0.000309. The number of methoxy groups -OCH3 is 1. The third kappa shape index (κ3) is 6.05. The van der Waals surface area contributed by atoms with Gasteiger partial charge < -0.3 is 15.0 Å². The summed E-state index contributed by atoms with van der Waals surface area (Å²) in [5, 5.41) is 3.01. The van der Waals surface area contributed by atoms with Crippen molar-refractivity contribution < 1.29 is 17.9 Å². The summed E-state index contributed by atoms with van der Waals surface area (Å²) < 4.78 is 31.1. The Bertz CT molecular complexity index is 1030. The second-order valence-electron chi connectivity index (χ2n) is 6.28. The van der Waals surface area contributed by atoms with E-state index in [9.17, 15) is 18.0 Å². The van der Waals surface area contributed by atoms with E-state index < -0.39 is 10.0 Å². The van der Waals surface area contributed by atoms with Crippen LogP contribution in [-0.4, -0.2) is 55.6 Å². The Morgan fingerprint density at radius 1 is 1.31 bits per heavy atom. The number of sulfonamides is 1. The molecule has 1 aromatic heterocycles. The molecule has 1 amide bonds. The summed E-state index contributed by atoms with van der Waals surface area (Å²) in [5.41, 5.74) is 0.728. The van der Waals surface area contributed by atoms with Gasteiger partial charge in [-0.15, -0.1) is 0 Å². The van der Waals surface area contributed by atoms with E-state index in [1.165, 1.54) is 39.4 Å². The molecule has 1 heterocycles. The van der Waals surface area contributed by atoms with E-state index in [0.717, 1.165) is 22.5 Å². The lowest BCUT2D eigenvalue weighted by Gasteiger charge is -2.16. The average Bonchev–Trinajstić information content (AvgIpc) is 2.66. The number of hydrogen-bond acceptors (Lipinski definition) is 7. The Morgan fingerprint density at radius 3 is 2.66 bits per heavy atom. The Labute approximate surface area is 173 Å². The number of nitrogens with one attached hydrogen (secondary N) is 2. The van der Waals surface area contributed by atoms with Crippen molar-refractivity contribution in [2.45, 2.75) is 29.8 Å². The highest BCUT2D eigenvalue weighted by molar-refractivity contribution is 7.99. The molecule has 0 aliphatic heterocycles. The molecule has 1 aromatic carbocycles. The van der Waals surface area contributed by atoms with Crippen LogP contribution < -0.4 is 15.6 Å². The van der Waals surface area contributed by atoms with Gasteiger partial charge in [-0.3, -0.25) is 9.59 Å². The summed E-state index contributed by atoms with van der Waals surface area (Å²) in [6.07, 6.45) is 1.54. The molecule has 11 heteroatoms. The molecule has 0 aliphatic carbocycles. The predicted octanol–water partition coefficient (Wildman–Crippen LogP) is 1.71. The average molecular weight is 441 g/mol. The first kappa shape index (κ1) is 22.9. The number of ether oxygens (including phenoxy) is 1. The number of aryl methyl sites for hydroxylation is 1. The molecule has 0 aliphatic rings. The maximum Gasteiger partial charge on any atom is 0.251 e. The Hall–Kier alpha value is -2.37. The van der Waals surface area contributed by atoms with Crippen LogP contribution in [0.3, 0.4) is 0 Å². The zero-order chi connectivity index (χ0) is 21.6. The van der Waals surface area contributed by atoms with Gasteiger partial charge in [-0.25, -0.2) is 17.7 Å². The van der Waals surface area contributed by atoms with Crippen LogP contribution >= 0.6 is 11.8 Å². The number of benzene rings is 1. The first-order chi connectivity index (χ1) is 13.7. The molecule has 158 valence electrons. The zero-order valence-corrected chi connectivity index (χ0v) is 18.3. The van der Waals surface area contributed by atoms with Crippen molar-refractivity contribution in [2.75, 3.05) is 32.3 Å². The van der Waals surface area contributed by atoms with Crippen LogP contribution in [-0.2, 0) is 21.2 Å².